The number of benzene rings is 2. The molecule has 7 aromatic rings. The summed E-state index contributed by atoms with van der Waals surface area (Å²) in [5.74, 6) is 1.58. The highest BCUT2D eigenvalue weighted by molar-refractivity contribution is 6.18. The van der Waals surface area contributed by atoms with Crippen LogP contribution in [-0.2, 0) is 0 Å². The molecule has 0 aliphatic heterocycles. The molecule has 0 atom stereocenters. The molecule has 2 aromatic carbocycles. The van der Waals surface area contributed by atoms with Crippen molar-refractivity contribution in [3.8, 4) is 28.7 Å². The van der Waals surface area contributed by atoms with Crippen LogP contribution in [0, 0.1) is 0 Å². The lowest BCUT2D eigenvalue weighted by Crippen LogP contribution is -2.06. The summed E-state index contributed by atoms with van der Waals surface area (Å²) in [5.41, 5.74) is 3.68. The van der Waals surface area contributed by atoms with E-state index < -0.39 is 0 Å². The first-order chi connectivity index (χ1) is 16.9. The molecular weight excluding hydrogens is 424 g/mol. The maximum absolute atomic E-state index is 6.23. The van der Waals surface area contributed by atoms with Gasteiger partial charge in [-0.3, -0.25) is 0 Å². The first-order valence-electron chi connectivity index (χ1n) is 10.9. The zero-order chi connectivity index (χ0) is 22.5. The summed E-state index contributed by atoms with van der Waals surface area (Å²) in [6, 6.07) is 27.6. The van der Waals surface area contributed by atoms with E-state index in [1.807, 2.05) is 89.5 Å². The molecular formula is C27H16N6O. The van der Waals surface area contributed by atoms with Crippen LogP contribution in [0.25, 0.3) is 62.0 Å². The number of rotatable bonds is 3. The Morgan fingerprint density at radius 2 is 1.21 bits per heavy atom. The minimum Gasteiger partial charge on any atom is -0.421 e. The second-order valence-corrected chi connectivity index (χ2v) is 7.86. The van der Waals surface area contributed by atoms with Crippen molar-refractivity contribution in [2.45, 2.75) is 0 Å². The molecule has 0 N–H and O–H groups in total. The lowest BCUT2D eigenvalue weighted by molar-refractivity contribution is 0.627. The molecule has 0 spiro atoms. The van der Waals surface area contributed by atoms with Gasteiger partial charge in [0, 0.05) is 28.9 Å². The first-order valence-corrected chi connectivity index (χ1v) is 10.9. The van der Waals surface area contributed by atoms with Crippen molar-refractivity contribution in [3.63, 3.8) is 0 Å². The molecule has 0 aliphatic carbocycles. The molecule has 5 heterocycles. The van der Waals surface area contributed by atoms with E-state index in [9.17, 15) is 0 Å². The van der Waals surface area contributed by atoms with Crippen molar-refractivity contribution >= 4 is 33.2 Å². The average molecular weight is 440 g/mol. The number of furan rings is 1. The van der Waals surface area contributed by atoms with Gasteiger partial charge in [0.1, 0.15) is 0 Å². The minimum atomic E-state index is 0.436. The van der Waals surface area contributed by atoms with Crippen LogP contribution in [0.15, 0.2) is 102 Å². The van der Waals surface area contributed by atoms with Crippen LogP contribution in [0.4, 0.5) is 0 Å². The Labute approximate surface area is 193 Å². The maximum atomic E-state index is 6.23. The molecule has 0 amide bonds. The van der Waals surface area contributed by atoms with Crippen LogP contribution in [0.3, 0.4) is 0 Å². The van der Waals surface area contributed by atoms with E-state index in [4.69, 9.17) is 19.4 Å². The second kappa shape index (κ2) is 7.31. The molecule has 7 rings (SSSR count). The third-order valence-electron chi connectivity index (χ3n) is 5.81. The van der Waals surface area contributed by atoms with Gasteiger partial charge < -0.3 is 4.42 Å². The van der Waals surface area contributed by atoms with Crippen molar-refractivity contribution in [1.29, 1.82) is 0 Å². The SMILES string of the molecule is c1ccc(-c2nc(-c3ccccc3)nc(-n3c4ncccc4c4c5cccnc5oc43)n2)cc1. The van der Waals surface area contributed by atoms with Crippen LogP contribution < -0.4 is 0 Å². The largest absolute Gasteiger partial charge is 0.421 e. The second-order valence-electron chi connectivity index (χ2n) is 7.86. The molecule has 7 nitrogen and oxygen atoms in total. The van der Waals surface area contributed by atoms with Crippen LogP contribution in [0.2, 0.25) is 0 Å². The summed E-state index contributed by atoms with van der Waals surface area (Å²) < 4.78 is 8.08. The van der Waals surface area contributed by atoms with Gasteiger partial charge in [0.25, 0.3) is 0 Å². The number of fused-ring (bicyclic) bond motifs is 5. The maximum Gasteiger partial charge on any atom is 0.242 e. The van der Waals surface area contributed by atoms with E-state index in [2.05, 4.69) is 9.97 Å². The topological polar surface area (TPSA) is 82.5 Å². The lowest BCUT2D eigenvalue weighted by Gasteiger charge is -2.09. The van der Waals surface area contributed by atoms with Crippen molar-refractivity contribution < 1.29 is 4.42 Å². The molecule has 0 saturated carbocycles. The fraction of sp³-hybridized carbons (Fsp3) is 0. The van der Waals surface area contributed by atoms with E-state index in [1.165, 1.54) is 0 Å². The third-order valence-corrected chi connectivity index (χ3v) is 5.81. The van der Waals surface area contributed by atoms with Gasteiger partial charge in [0.2, 0.25) is 17.4 Å². The fourth-order valence-electron chi connectivity index (χ4n) is 4.29. The summed E-state index contributed by atoms with van der Waals surface area (Å²) in [4.78, 5) is 23.6. The molecule has 0 radical (unpaired) electrons. The van der Waals surface area contributed by atoms with Crippen molar-refractivity contribution in [3.05, 3.63) is 97.3 Å². The van der Waals surface area contributed by atoms with E-state index in [1.54, 1.807) is 12.4 Å². The summed E-state index contributed by atoms with van der Waals surface area (Å²) in [6.07, 6.45) is 3.48. The number of hydrogen-bond donors (Lipinski definition) is 0. The quantitative estimate of drug-likeness (QED) is 0.343. The molecule has 0 aliphatic rings. The highest BCUT2D eigenvalue weighted by Crippen LogP contribution is 2.37. The monoisotopic (exact) mass is 440 g/mol. The van der Waals surface area contributed by atoms with Crippen LogP contribution >= 0.6 is 0 Å². The van der Waals surface area contributed by atoms with Crippen LogP contribution in [0.1, 0.15) is 0 Å². The predicted octanol–water partition coefficient (Wildman–Crippen LogP) is 5.84. The summed E-state index contributed by atoms with van der Waals surface area (Å²) >= 11 is 0. The molecule has 34 heavy (non-hydrogen) atoms. The molecule has 0 unspecified atom stereocenters. The third kappa shape index (κ3) is 2.80. The highest BCUT2D eigenvalue weighted by atomic mass is 16.4. The highest BCUT2D eigenvalue weighted by Gasteiger charge is 2.23. The van der Waals surface area contributed by atoms with Gasteiger partial charge in [-0.2, -0.15) is 9.97 Å². The predicted molar refractivity (Wildman–Crippen MR) is 130 cm³/mol. The zero-order valence-corrected chi connectivity index (χ0v) is 17.8. The Bertz CT molecular complexity index is 1750. The minimum absolute atomic E-state index is 0.436. The first kappa shape index (κ1) is 18.6. The van der Waals surface area contributed by atoms with Crippen LogP contribution in [0.5, 0.6) is 0 Å². The summed E-state index contributed by atoms with van der Waals surface area (Å²) in [6.45, 7) is 0. The van der Waals surface area contributed by atoms with Gasteiger partial charge in [-0.1, -0.05) is 60.7 Å². The molecule has 0 fully saturated rings. The Kier molecular flexibility index (Phi) is 4.01. The summed E-state index contributed by atoms with van der Waals surface area (Å²) in [7, 11) is 0. The summed E-state index contributed by atoms with van der Waals surface area (Å²) in [5, 5.41) is 2.82. The van der Waals surface area contributed by atoms with E-state index in [-0.39, 0.29) is 0 Å². The Hall–Kier alpha value is -4.91. The molecule has 160 valence electrons. The standard InChI is InChI=1S/C27H16N6O/c1-3-9-17(10-4-1)22-30-23(18-11-5-2-6-12-18)32-27(31-22)33-24-19(13-7-15-28-24)21-20-14-8-16-29-25(20)34-26(21)33/h1-16H. The van der Waals surface area contributed by atoms with E-state index >= 15 is 0 Å². The zero-order valence-electron chi connectivity index (χ0n) is 17.8. The van der Waals surface area contributed by atoms with Gasteiger partial charge in [-0.25, -0.2) is 19.5 Å². The molecule has 7 heteroatoms. The normalized spacial score (nSPS) is 11.5. The number of hydrogen-bond acceptors (Lipinski definition) is 6. The number of aromatic nitrogens is 6. The number of nitrogens with zero attached hydrogens (tertiary/aromatic N) is 6. The van der Waals surface area contributed by atoms with Gasteiger partial charge in [0.05, 0.1) is 10.8 Å². The fourth-order valence-corrected chi connectivity index (χ4v) is 4.29. The van der Waals surface area contributed by atoms with Crippen molar-refractivity contribution in [2.75, 3.05) is 0 Å². The number of pyridine rings is 2. The molecule has 5 aromatic heterocycles. The molecule has 0 saturated heterocycles. The smallest absolute Gasteiger partial charge is 0.242 e. The molecule has 0 bridgehead atoms. The van der Waals surface area contributed by atoms with Crippen molar-refractivity contribution in [1.82, 2.24) is 29.5 Å². The van der Waals surface area contributed by atoms with E-state index in [0.717, 1.165) is 27.3 Å². The van der Waals surface area contributed by atoms with Gasteiger partial charge in [-0.15, -0.1) is 0 Å². The van der Waals surface area contributed by atoms with Gasteiger partial charge in [-0.05, 0) is 24.3 Å². The Balaban J connectivity index is 1.59. The van der Waals surface area contributed by atoms with Gasteiger partial charge in [0.15, 0.2) is 17.3 Å². The van der Waals surface area contributed by atoms with Crippen LogP contribution in [-0.4, -0.2) is 29.5 Å². The lowest BCUT2D eigenvalue weighted by atomic mass is 10.2. The Morgan fingerprint density at radius 3 is 1.88 bits per heavy atom. The average Bonchev–Trinajstić information content (AvgIpc) is 3.44. The van der Waals surface area contributed by atoms with Gasteiger partial charge >= 0.3 is 0 Å². The van der Waals surface area contributed by atoms with Crippen molar-refractivity contribution in [2.24, 2.45) is 0 Å². The Morgan fingerprint density at radius 1 is 0.588 bits per heavy atom. The van der Waals surface area contributed by atoms with E-state index in [0.29, 0.717) is 34.7 Å².